The van der Waals surface area contributed by atoms with Gasteiger partial charge >= 0.3 is 22.4 Å². The van der Waals surface area contributed by atoms with Crippen molar-refractivity contribution in [3.05, 3.63) is 35.9 Å². The van der Waals surface area contributed by atoms with Crippen LogP contribution in [0.1, 0.15) is 5.56 Å². The standard InChI is InChI=1S/C7H8.Ag.ClHO4/c1-7-5-3-2-4-6-7;;2-1(3,4)5/h2-6H,1H3;;(H,2,3,4,5)/q;+1;/p-1. The predicted molar refractivity (Wildman–Crippen MR) is 31.2 cm³/mol. The largest absolute Gasteiger partial charge is 1.00 e. The molecule has 0 radical (unpaired) electrons. The van der Waals surface area contributed by atoms with E-state index in [-0.39, 0.29) is 22.4 Å². The van der Waals surface area contributed by atoms with E-state index in [9.17, 15) is 0 Å². The van der Waals surface area contributed by atoms with Gasteiger partial charge in [-0.2, -0.15) is 0 Å². The van der Waals surface area contributed by atoms with Gasteiger partial charge in [0.1, 0.15) is 0 Å². The summed E-state index contributed by atoms with van der Waals surface area (Å²) in [5, 5.41) is 0. The second kappa shape index (κ2) is 7.49. The van der Waals surface area contributed by atoms with E-state index in [2.05, 4.69) is 19.1 Å². The molecule has 0 saturated carbocycles. The summed E-state index contributed by atoms with van der Waals surface area (Å²) in [5.41, 5.74) is 1.32. The number of hydrogen-bond donors (Lipinski definition) is 0. The Morgan fingerprint density at radius 3 is 1.38 bits per heavy atom. The Kier molecular flexibility index (Phi) is 8.96. The number of benzene rings is 1. The molecule has 0 saturated heterocycles. The van der Waals surface area contributed by atoms with Crippen LogP contribution in [0.3, 0.4) is 0 Å². The third kappa shape index (κ3) is 18.8. The van der Waals surface area contributed by atoms with Crippen LogP contribution in [0.4, 0.5) is 0 Å². The molecule has 0 heterocycles. The van der Waals surface area contributed by atoms with E-state index in [1.165, 1.54) is 5.56 Å². The number of rotatable bonds is 0. The second-order valence-electron chi connectivity index (χ2n) is 2.03. The van der Waals surface area contributed by atoms with Gasteiger partial charge in [0.15, 0.2) is 0 Å². The fourth-order valence-electron chi connectivity index (χ4n) is 0.534. The van der Waals surface area contributed by atoms with Crippen molar-refractivity contribution in [2.45, 2.75) is 6.92 Å². The van der Waals surface area contributed by atoms with Crippen LogP contribution in [0.5, 0.6) is 0 Å². The molecular weight excluding hydrogens is 291 g/mol. The van der Waals surface area contributed by atoms with Crippen molar-refractivity contribution < 1.29 is 51.3 Å². The molecule has 4 nitrogen and oxygen atoms in total. The van der Waals surface area contributed by atoms with Gasteiger partial charge in [-0.1, -0.05) is 35.9 Å². The maximum Gasteiger partial charge on any atom is 1.00 e. The van der Waals surface area contributed by atoms with E-state index >= 15 is 0 Å². The van der Waals surface area contributed by atoms with E-state index in [1.54, 1.807) is 0 Å². The zero-order valence-electron chi connectivity index (χ0n) is 6.70. The summed E-state index contributed by atoms with van der Waals surface area (Å²) in [5.74, 6) is 0. The first-order valence-electron chi connectivity index (χ1n) is 3.03. The number of aryl methyl sites for hydroxylation is 1. The van der Waals surface area contributed by atoms with Gasteiger partial charge in [-0.15, -0.1) is 10.2 Å². The van der Waals surface area contributed by atoms with Crippen LogP contribution in [0.25, 0.3) is 0 Å². The Labute approximate surface area is 94.1 Å². The monoisotopic (exact) mass is 298 g/mol. The Bertz CT molecular complexity index is 205. The summed E-state index contributed by atoms with van der Waals surface area (Å²) in [7, 11) is -4.94. The molecule has 0 aliphatic carbocycles. The van der Waals surface area contributed by atoms with Gasteiger partial charge in [-0.25, -0.2) is 18.6 Å². The second-order valence-corrected chi connectivity index (χ2v) is 2.79. The molecule has 0 fully saturated rings. The summed E-state index contributed by atoms with van der Waals surface area (Å²) in [6, 6.07) is 10.3. The summed E-state index contributed by atoms with van der Waals surface area (Å²) in [4.78, 5) is 0. The first kappa shape index (κ1) is 15.6. The van der Waals surface area contributed by atoms with Gasteiger partial charge in [-0.3, -0.25) is 0 Å². The fraction of sp³-hybridized carbons (Fsp3) is 0.143. The van der Waals surface area contributed by atoms with Crippen molar-refractivity contribution in [1.29, 1.82) is 0 Å². The Morgan fingerprint density at radius 1 is 0.923 bits per heavy atom. The zero-order chi connectivity index (χ0) is 9.61. The van der Waals surface area contributed by atoms with Crippen LogP contribution in [0, 0.1) is 17.2 Å². The molecule has 0 amide bonds. The third-order valence-electron chi connectivity index (χ3n) is 0.940. The fourth-order valence-corrected chi connectivity index (χ4v) is 0.534. The number of halogens is 1. The molecule has 0 aliphatic rings. The van der Waals surface area contributed by atoms with Gasteiger partial charge in [0, 0.05) is 0 Å². The molecule has 0 aromatic heterocycles. The maximum atomic E-state index is 8.49. The average Bonchev–Trinajstić information content (AvgIpc) is 1.85. The molecule has 0 aliphatic heterocycles. The van der Waals surface area contributed by atoms with E-state index in [4.69, 9.17) is 18.6 Å². The summed E-state index contributed by atoms with van der Waals surface area (Å²) in [6.07, 6.45) is 0. The van der Waals surface area contributed by atoms with Crippen LogP contribution < -0.4 is 18.6 Å². The topological polar surface area (TPSA) is 92.2 Å². The zero-order valence-corrected chi connectivity index (χ0v) is 8.94. The van der Waals surface area contributed by atoms with Gasteiger partial charge in [0.2, 0.25) is 0 Å². The molecule has 13 heavy (non-hydrogen) atoms. The first-order chi connectivity index (χ1) is 5.39. The summed E-state index contributed by atoms with van der Waals surface area (Å²) < 4.78 is 34.0. The third-order valence-corrected chi connectivity index (χ3v) is 0.940. The minimum absolute atomic E-state index is 0. The van der Waals surface area contributed by atoms with Crippen molar-refractivity contribution in [2.75, 3.05) is 0 Å². The average molecular weight is 299 g/mol. The molecule has 78 valence electrons. The molecule has 0 bridgehead atoms. The van der Waals surface area contributed by atoms with Gasteiger partial charge < -0.3 is 0 Å². The minimum Gasteiger partial charge on any atom is -0.222 e. The molecule has 1 rings (SSSR count). The molecular formula is C7H8AgClO4. The number of hydrogen-bond acceptors (Lipinski definition) is 4. The van der Waals surface area contributed by atoms with E-state index < -0.39 is 10.2 Å². The van der Waals surface area contributed by atoms with Crippen LogP contribution in [0.15, 0.2) is 30.3 Å². The predicted octanol–water partition coefficient (Wildman–Crippen LogP) is -2.76. The Balaban J connectivity index is 0. The SMILES string of the molecule is Cc1ccccc1.[Ag+].[O-][Cl+3]([O-])([O-])[O-]. The van der Waals surface area contributed by atoms with Crippen molar-refractivity contribution in [1.82, 2.24) is 0 Å². The molecule has 0 N–H and O–H groups in total. The van der Waals surface area contributed by atoms with Crippen LogP contribution in [-0.2, 0) is 22.4 Å². The Morgan fingerprint density at radius 2 is 1.23 bits per heavy atom. The summed E-state index contributed by atoms with van der Waals surface area (Å²) >= 11 is 0. The van der Waals surface area contributed by atoms with Crippen LogP contribution in [0.2, 0.25) is 0 Å². The molecule has 1 aromatic carbocycles. The van der Waals surface area contributed by atoms with E-state index in [0.717, 1.165) is 0 Å². The van der Waals surface area contributed by atoms with Crippen LogP contribution >= 0.6 is 0 Å². The van der Waals surface area contributed by atoms with Crippen molar-refractivity contribution in [3.8, 4) is 0 Å². The van der Waals surface area contributed by atoms with Gasteiger partial charge in [0.05, 0.1) is 0 Å². The van der Waals surface area contributed by atoms with Crippen molar-refractivity contribution in [2.24, 2.45) is 0 Å². The molecule has 6 heteroatoms. The molecule has 0 unspecified atom stereocenters. The van der Waals surface area contributed by atoms with Gasteiger partial charge in [-0.05, 0) is 6.92 Å². The molecule has 1 aromatic rings. The molecule has 0 spiro atoms. The quantitative estimate of drug-likeness (QED) is 0.485. The first-order valence-corrected chi connectivity index (χ1v) is 4.26. The summed E-state index contributed by atoms with van der Waals surface area (Å²) in [6.45, 7) is 2.08. The Hall–Kier alpha value is 0.0903. The van der Waals surface area contributed by atoms with E-state index in [0.29, 0.717) is 0 Å². The maximum absolute atomic E-state index is 8.49. The smallest absolute Gasteiger partial charge is 0.222 e. The van der Waals surface area contributed by atoms with E-state index in [1.807, 2.05) is 18.2 Å². The van der Waals surface area contributed by atoms with Crippen molar-refractivity contribution in [3.63, 3.8) is 0 Å². The van der Waals surface area contributed by atoms with Gasteiger partial charge in [0.25, 0.3) is 0 Å². The minimum atomic E-state index is -4.94. The molecule has 0 atom stereocenters. The van der Waals surface area contributed by atoms with Crippen LogP contribution in [-0.4, -0.2) is 0 Å². The van der Waals surface area contributed by atoms with Crippen molar-refractivity contribution >= 4 is 0 Å². The normalized spacial score (nSPS) is 9.31.